The summed E-state index contributed by atoms with van der Waals surface area (Å²) in [6, 6.07) is 14.3. The fourth-order valence-electron chi connectivity index (χ4n) is 5.09. The van der Waals surface area contributed by atoms with Crippen molar-refractivity contribution in [3.63, 3.8) is 0 Å². The number of methoxy groups -OCH3 is 1. The monoisotopic (exact) mass is 493 g/mol. The summed E-state index contributed by atoms with van der Waals surface area (Å²) in [6.45, 7) is 6.58. The summed E-state index contributed by atoms with van der Waals surface area (Å²) >= 11 is 0. The van der Waals surface area contributed by atoms with Gasteiger partial charge in [0, 0.05) is 45.6 Å². The Morgan fingerprint density at radius 1 is 1.03 bits per heavy atom. The van der Waals surface area contributed by atoms with Gasteiger partial charge >= 0.3 is 0 Å². The highest BCUT2D eigenvalue weighted by Gasteiger charge is 2.54. The van der Waals surface area contributed by atoms with E-state index < -0.39 is 5.41 Å². The van der Waals surface area contributed by atoms with Gasteiger partial charge < -0.3 is 19.6 Å². The number of carbonyl (C=O) groups is 3. The summed E-state index contributed by atoms with van der Waals surface area (Å²) in [5, 5.41) is 10.2. The van der Waals surface area contributed by atoms with Crippen LogP contribution in [0.25, 0.3) is 0 Å². The number of carbonyl (C=O) groups excluding carboxylic acids is 3. The SMILES string of the molecule is COc1ccc([C@]2(CC(=O)N3CCN(c4ccccc4O)CC3)CC(=O)N(CCC(C)C)C2=O)cc1. The molecule has 4 rings (SSSR count). The quantitative estimate of drug-likeness (QED) is 0.568. The molecule has 2 aromatic rings. The molecule has 2 aromatic carbocycles. The number of benzene rings is 2. The molecule has 3 amide bonds. The van der Waals surface area contributed by atoms with Crippen LogP contribution in [-0.4, -0.2) is 72.5 Å². The smallest absolute Gasteiger partial charge is 0.240 e. The second kappa shape index (κ2) is 10.6. The van der Waals surface area contributed by atoms with Crippen molar-refractivity contribution in [1.82, 2.24) is 9.80 Å². The highest BCUT2D eigenvalue weighted by atomic mass is 16.5. The average molecular weight is 494 g/mol. The van der Waals surface area contributed by atoms with Crippen molar-refractivity contribution < 1.29 is 24.2 Å². The highest BCUT2D eigenvalue weighted by Crippen LogP contribution is 2.41. The van der Waals surface area contributed by atoms with Crippen LogP contribution < -0.4 is 9.64 Å². The summed E-state index contributed by atoms with van der Waals surface area (Å²) in [5.74, 6) is 0.549. The molecule has 0 radical (unpaired) electrons. The minimum Gasteiger partial charge on any atom is -0.506 e. The van der Waals surface area contributed by atoms with Gasteiger partial charge in [0.1, 0.15) is 11.5 Å². The summed E-state index contributed by atoms with van der Waals surface area (Å²) in [6.07, 6.45) is 0.650. The van der Waals surface area contributed by atoms with Crippen molar-refractivity contribution in [2.24, 2.45) is 5.92 Å². The number of rotatable bonds is 8. The number of imide groups is 1. The van der Waals surface area contributed by atoms with Crippen LogP contribution in [0.2, 0.25) is 0 Å². The maximum Gasteiger partial charge on any atom is 0.240 e. The second-order valence-electron chi connectivity index (χ2n) is 10.1. The predicted octanol–water partition coefficient (Wildman–Crippen LogP) is 3.18. The first-order valence-electron chi connectivity index (χ1n) is 12.5. The molecule has 0 aliphatic carbocycles. The Hall–Kier alpha value is -3.55. The van der Waals surface area contributed by atoms with Gasteiger partial charge in [-0.2, -0.15) is 0 Å². The van der Waals surface area contributed by atoms with Crippen molar-refractivity contribution >= 4 is 23.4 Å². The molecule has 8 heteroatoms. The molecule has 36 heavy (non-hydrogen) atoms. The van der Waals surface area contributed by atoms with E-state index in [0.29, 0.717) is 50.0 Å². The molecule has 2 saturated heterocycles. The number of hydrogen-bond acceptors (Lipinski definition) is 6. The van der Waals surface area contributed by atoms with Crippen molar-refractivity contribution in [1.29, 1.82) is 0 Å². The Balaban J connectivity index is 1.54. The lowest BCUT2D eigenvalue weighted by Crippen LogP contribution is -2.51. The van der Waals surface area contributed by atoms with Crippen molar-refractivity contribution in [2.75, 3.05) is 44.7 Å². The molecule has 192 valence electrons. The minimum absolute atomic E-state index is 0.0140. The van der Waals surface area contributed by atoms with Gasteiger partial charge in [0.15, 0.2) is 0 Å². The number of nitrogens with zero attached hydrogens (tertiary/aromatic N) is 3. The molecule has 2 aliphatic rings. The van der Waals surface area contributed by atoms with Crippen LogP contribution in [0.3, 0.4) is 0 Å². The highest BCUT2D eigenvalue weighted by molar-refractivity contribution is 6.10. The van der Waals surface area contributed by atoms with Gasteiger partial charge in [0.2, 0.25) is 17.7 Å². The lowest BCUT2D eigenvalue weighted by atomic mass is 9.75. The van der Waals surface area contributed by atoms with Crippen LogP contribution in [0.4, 0.5) is 5.69 Å². The topological polar surface area (TPSA) is 90.4 Å². The molecule has 1 N–H and O–H groups in total. The van der Waals surface area contributed by atoms with Gasteiger partial charge in [0.25, 0.3) is 0 Å². The summed E-state index contributed by atoms with van der Waals surface area (Å²) < 4.78 is 5.27. The van der Waals surface area contributed by atoms with E-state index in [1.807, 2.05) is 12.1 Å². The Kier molecular flexibility index (Phi) is 7.52. The van der Waals surface area contributed by atoms with Gasteiger partial charge in [-0.1, -0.05) is 38.1 Å². The number of phenolic OH excluding ortho intramolecular Hbond substituents is 1. The number of ether oxygens (including phenoxy) is 1. The fraction of sp³-hybridized carbons (Fsp3) is 0.464. The third-order valence-corrected chi connectivity index (χ3v) is 7.29. The van der Waals surface area contributed by atoms with E-state index in [9.17, 15) is 19.5 Å². The molecular weight excluding hydrogens is 458 g/mol. The molecular formula is C28H35N3O5. The zero-order valence-electron chi connectivity index (χ0n) is 21.3. The number of aromatic hydroxyl groups is 1. The molecule has 8 nitrogen and oxygen atoms in total. The normalized spacial score (nSPS) is 20.4. The predicted molar refractivity (Wildman–Crippen MR) is 137 cm³/mol. The number of amides is 3. The summed E-state index contributed by atoms with van der Waals surface area (Å²) in [5.41, 5.74) is 0.193. The molecule has 0 unspecified atom stereocenters. The largest absolute Gasteiger partial charge is 0.506 e. The number of anilines is 1. The van der Waals surface area contributed by atoms with Crippen LogP contribution in [0.5, 0.6) is 11.5 Å². The van der Waals surface area contributed by atoms with Crippen molar-refractivity contribution in [3.05, 3.63) is 54.1 Å². The number of phenols is 1. The molecule has 0 bridgehead atoms. The van der Waals surface area contributed by atoms with Crippen LogP contribution in [0.15, 0.2) is 48.5 Å². The lowest BCUT2D eigenvalue weighted by molar-refractivity contribution is -0.143. The Morgan fingerprint density at radius 2 is 1.69 bits per heavy atom. The average Bonchev–Trinajstić information content (AvgIpc) is 3.12. The molecule has 0 saturated carbocycles. The molecule has 2 fully saturated rings. The minimum atomic E-state index is -1.22. The Morgan fingerprint density at radius 3 is 2.31 bits per heavy atom. The third-order valence-electron chi connectivity index (χ3n) is 7.29. The lowest BCUT2D eigenvalue weighted by Gasteiger charge is -2.38. The van der Waals surface area contributed by atoms with E-state index >= 15 is 0 Å². The maximum absolute atomic E-state index is 13.8. The second-order valence-corrected chi connectivity index (χ2v) is 10.1. The molecule has 2 aliphatic heterocycles. The summed E-state index contributed by atoms with van der Waals surface area (Å²) in [4.78, 5) is 45.5. The van der Waals surface area contributed by atoms with Gasteiger partial charge in [0.05, 0.1) is 18.2 Å². The zero-order valence-corrected chi connectivity index (χ0v) is 21.3. The first-order valence-corrected chi connectivity index (χ1v) is 12.5. The molecule has 0 aromatic heterocycles. The van der Waals surface area contributed by atoms with Crippen molar-refractivity contribution in [3.8, 4) is 11.5 Å². The van der Waals surface area contributed by atoms with Gasteiger partial charge in [-0.15, -0.1) is 0 Å². The maximum atomic E-state index is 13.8. The van der Waals surface area contributed by atoms with Gasteiger partial charge in [-0.25, -0.2) is 0 Å². The number of piperazine rings is 1. The number of hydrogen-bond donors (Lipinski definition) is 1. The van der Waals surface area contributed by atoms with E-state index in [1.54, 1.807) is 48.4 Å². The molecule has 2 heterocycles. The van der Waals surface area contributed by atoms with Crippen LogP contribution in [0, 0.1) is 5.92 Å². The van der Waals surface area contributed by atoms with Crippen LogP contribution in [0.1, 0.15) is 38.7 Å². The van der Waals surface area contributed by atoms with Crippen LogP contribution in [-0.2, 0) is 19.8 Å². The fourth-order valence-corrected chi connectivity index (χ4v) is 5.09. The standard InChI is InChI=1S/C28H35N3O5/c1-20(2)12-13-31-26(34)19-28(27(31)35,21-8-10-22(36-3)11-9-21)18-25(33)30-16-14-29(15-17-30)23-6-4-5-7-24(23)32/h4-11,20,32H,12-19H2,1-3H3/t28-/m0/s1. The van der Waals surface area contributed by atoms with Crippen LogP contribution >= 0.6 is 0 Å². The Bertz CT molecular complexity index is 1110. The summed E-state index contributed by atoms with van der Waals surface area (Å²) in [7, 11) is 1.57. The first-order chi connectivity index (χ1) is 17.2. The molecule has 0 spiro atoms. The van der Waals surface area contributed by atoms with Gasteiger partial charge in [-0.05, 0) is 42.2 Å². The van der Waals surface area contributed by atoms with E-state index in [2.05, 4.69) is 18.7 Å². The van der Waals surface area contributed by atoms with Crippen molar-refractivity contribution in [2.45, 2.75) is 38.5 Å². The number of likely N-dealkylation sites (tertiary alicyclic amines) is 1. The third kappa shape index (κ3) is 5.03. The van der Waals surface area contributed by atoms with E-state index in [4.69, 9.17) is 4.74 Å². The Labute approximate surface area is 212 Å². The van der Waals surface area contributed by atoms with E-state index in [0.717, 1.165) is 12.1 Å². The van der Waals surface area contributed by atoms with E-state index in [-0.39, 0.29) is 36.3 Å². The van der Waals surface area contributed by atoms with Gasteiger partial charge in [-0.3, -0.25) is 19.3 Å². The first kappa shape index (κ1) is 25.5. The number of para-hydroxylation sites is 2. The molecule has 1 atom stereocenters. The van der Waals surface area contributed by atoms with E-state index in [1.165, 1.54) is 4.90 Å². The zero-order chi connectivity index (χ0) is 25.9.